The molecule has 1 aromatic carbocycles. The van der Waals surface area contributed by atoms with Gasteiger partial charge in [0.2, 0.25) is 0 Å². The van der Waals surface area contributed by atoms with Crippen LogP contribution in [0.2, 0.25) is 5.15 Å². The van der Waals surface area contributed by atoms with Crippen LogP contribution in [0, 0.1) is 0 Å². The van der Waals surface area contributed by atoms with Crippen molar-refractivity contribution in [3.8, 4) is 0 Å². The average Bonchev–Trinajstić information content (AvgIpc) is 2.77. The molecule has 3 rings (SSSR count). The number of likely N-dealkylation sites (tertiary alicyclic amines) is 1. The second kappa shape index (κ2) is 11.6. The molecular weight excluding hydrogens is 416 g/mol. The molecule has 1 aliphatic rings. The van der Waals surface area contributed by atoms with E-state index in [-0.39, 0.29) is 5.91 Å². The Bertz CT molecular complexity index is 836. The topological polar surface area (TPSA) is 49.3 Å². The highest BCUT2D eigenvalue weighted by atomic mass is 35.5. The summed E-state index contributed by atoms with van der Waals surface area (Å²) < 4.78 is 0. The lowest BCUT2D eigenvalue weighted by Crippen LogP contribution is -2.35. The number of nitrogens with zero attached hydrogens (tertiary/aromatic N) is 4. The van der Waals surface area contributed by atoms with E-state index in [1.807, 2.05) is 35.2 Å². The summed E-state index contributed by atoms with van der Waals surface area (Å²) in [6.45, 7) is 7.96. The number of hydrogen-bond acceptors (Lipinski definition) is 5. The maximum atomic E-state index is 12.8. The van der Waals surface area contributed by atoms with Crippen molar-refractivity contribution in [2.24, 2.45) is 0 Å². The number of carbonyl (C=O) groups excluding carboxylic acids is 1. The molecule has 0 radical (unpaired) electrons. The normalized spacial score (nSPS) is 14.0. The third kappa shape index (κ3) is 6.35. The highest BCUT2D eigenvalue weighted by Gasteiger charge is 2.18. The SMILES string of the molecule is CCCN(CCC)c1cc(Cl)nc(SCc2cccc(C(=O)N3CCCCC3)c2)n1. The van der Waals surface area contributed by atoms with Crippen LogP contribution in [0.4, 0.5) is 5.82 Å². The Morgan fingerprint density at radius 2 is 1.83 bits per heavy atom. The van der Waals surface area contributed by atoms with E-state index in [1.165, 1.54) is 6.42 Å². The summed E-state index contributed by atoms with van der Waals surface area (Å²) in [5.41, 5.74) is 1.85. The minimum Gasteiger partial charge on any atom is -0.356 e. The predicted molar refractivity (Wildman–Crippen MR) is 126 cm³/mol. The summed E-state index contributed by atoms with van der Waals surface area (Å²) in [7, 11) is 0. The van der Waals surface area contributed by atoms with E-state index >= 15 is 0 Å². The van der Waals surface area contributed by atoms with Crippen molar-refractivity contribution in [2.75, 3.05) is 31.1 Å². The van der Waals surface area contributed by atoms with E-state index in [2.05, 4.69) is 23.7 Å². The molecule has 30 heavy (non-hydrogen) atoms. The number of aromatic nitrogens is 2. The fourth-order valence-electron chi connectivity index (χ4n) is 3.71. The summed E-state index contributed by atoms with van der Waals surface area (Å²) in [6.07, 6.45) is 5.53. The first-order chi connectivity index (χ1) is 14.6. The molecule has 7 heteroatoms. The van der Waals surface area contributed by atoms with Crippen molar-refractivity contribution in [3.05, 3.63) is 46.6 Å². The number of rotatable bonds is 9. The predicted octanol–water partition coefficient (Wildman–Crippen LogP) is 5.67. The molecule has 5 nitrogen and oxygen atoms in total. The third-order valence-corrected chi connectivity index (χ3v) is 6.27. The Morgan fingerprint density at radius 1 is 1.10 bits per heavy atom. The van der Waals surface area contributed by atoms with Gasteiger partial charge in [0.25, 0.3) is 5.91 Å². The van der Waals surface area contributed by atoms with Gasteiger partial charge >= 0.3 is 0 Å². The average molecular weight is 447 g/mol. The Hall–Kier alpha value is -1.79. The highest BCUT2D eigenvalue weighted by Crippen LogP contribution is 2.25. The first-order valence-corrected chi connectivity index (χ1v) is 12.3. The smallest absolute Gasteiger partial charge is 0.253 e. The van der Waals surface area contributed by atoms with Gasteiger partial charge < -0.3 is 9.80 Å². The number of halogens is 1. The molecule has 0 spiro atoms. The number of carbonyl (C=O) groups is 1. The fourth-order valence-corrected chi connectivity index (χ4v) is 4.74. The van der Waals surface area contributed by atoms with Crippen LogP contribution in [0.1, 0.15) is 61.9 Å². The van der Waals surface area contributed by atoms with Crippen LogP contribution in [0.5, 0.6) is 0 Å². The highest BCUT2D eigenvalue weighted by molar-refractivity contribution is 7.98. The van der Waals surface area contributed by atoms with Crippen LogP contribution in [-0.4, -0.2) is 47.0 Å². The van der Waals surface area contributed by atoms with Crippen LogP contribution in [0.3, 0.4) is 0 Å². The molecule has 0 atom stereocenters. The summed E-state index contributed by atoms with van der Waals surface area (Å²) in [5, 5.41) is 1.14. The molecule has 0 bridgehead atoms. The Morgan fingerprint density at radius 3 is 2.53 bits per heavy atom. The zero-order valence-corrected chi connectivity index (χ0v) is 19.5. The molecular formula is C23H31ClN4OS. The lowest BCUT2D eigenvalue weighted by Gasteiger charge is -2.26. The van der Waals surface area contributed by atoms with E-state index in [9.17, 15) is 4.79 Å². The molecule has 1 aromatic heterocycles. The molecule has 1 fully saturated rings. The van der Waals surface area contributed by atoms with E-state index in [4.69, 9.17) is 16.6 Å². The first-order valence-electron chi connectivity index (χ1n) is 10.9. The number of amides is 1. The molecule has 1 aliphatic heterocycles. The van der Waals surface area contributed by atoms with Gasteiger partial charge in [0.15, 0.2) is 5.16 Å². The lowest BCUT2D eigenvalue weighted by atomic mass is 10.1. The van der Waals surface area contributed by atoms with Gasteiger partial charge in [-0.1, -0.05) is 49.3 Å². The molecule has 0 N–H and O–H groups in total. The number of thioether (sulfide) groups is 1. The maximum absolute atomic E-state index is 12.8. The van der Waals surface area contributed by atoms with E-state index in [0.29, 0.717) is 16.1 Å². The fraction of sp³-hybridized carbons (Fsp3) is 0.522. The summed E-state index contributed by atoms with van der Waals surface area (Å²) in [5.74, 6) is 1.72. The van der Waals surface area contributed by atoms with Crippen molar-refractivity contribution in [1.29, 1.82) is 0 Å². The Balaban J connectivity index is 1.68. The Kier molecular flexibility index (Phi) is 8.82. The third-order valence-electron chi connectivity index (χ3n) is 5.16. The molecule has 2 heterocycles. The van der Waals surface area contributed by atoms with E-state index in [1.54, 1.807) is 11.8 Å². The number of piperidine rings is 1. The minimum atomic E-state index is 0.137. The quantitative estimate of drug-likeness (QED) is 0.282. The zero-order valence-electron chi connectivity index (χ0n) is 17.9. The van der Waals surface area contributed by atoms with Gasteiger partial charge in [-0.3, -0.25) is 4.79 Å². The molecule has 0 saturated carbocycles. The summed E-state index contributed by atoms with van der Waals surface area (Å²) in [6, 6.07) is 9.75. The molecule has 1 saturated heterocycles. The summed E-state index contributed by atoms with van der Waals surface area (Å²) >= 11 is 7.84. The van der Waals surface area contributed by atoms with Gasteiger partial charge in [0, 0.05) is 43.6 Å². The van der Waals surface area contributed by atoms with Crippen molar-refractivity contribution in [2.45, 2.75) is 56.9 Å². The van der Waals surface area contributed by atoms with Crippen molar-refractivity contribution >= 4 is 35.1 Å². The van der Waals surface area contributed by atoms with Gasteiger partial charge in [-0.25, -0.2) is 9.97 Å². The van der Waals surface area contributed by atoms with Gasteiger partial charge in [0.1, 0.15) is 11.0 Å². The first kappa shape index (κ1) is 22.9. The number of anilines is 1. The van der Waals surface area contributed by atoms with Crippen molar-refractivity contribution in [1.82, 2.24) is 14.9 Å². The van der Waals surface area contributed by atoms with Crippen LogP contribution in [-0.2, 0) is 5.75 Å². The molecule has 162 valence electrons. The van der Waals surface area contributed by atoms with Gasteiger partial charge in [-0.2, -0.15) is 0 Å². The molecule has 0 unspecified atom stereocenters. The standard InChI is InChI=1S/C23H31ClN4OS/c1-3-11-27(12-4-2)21-16-20(24)25-23(26-21)30-17-18-9-8-10-19(15-18)22(29)28-13-6-5-7-14-28/h8-10,15-16H,3-7,11-14,17H2,1-2H3. The summed E-state index contributed by atoms with van der Waals surface area (Å²) in [4.78, 5) is 26.1. The van der Waals surface area contributed by atoms with Crippen LogP contribution >= 0.6 is 23.4 Å². The Labute approximate surface area is 189 Å². The lowest BCUT2D eigenvalue weighted by molar-refractivity contribution is 0.0724. The maximum Gasteiger partial charge on any atom is 0.253 e. The van der Waals surface area contributed by atoms with Gasteiger partial charge in [-0.15, -0.1) is 0 Å². The van der Waals surface area contributed by atoms with Gasteiger partial charge in [0.05, 0.1) is 0 Å². The second-order valence-electron chi connectivity index (χ2n) is 7.66. The molecule has 2 aromatic rings. The van der Waals surface area contributed by atoms with Crippen LogP contribution in [0.25, 0.3) is 0 Å². The van der Waals surface area contributed by atoms with Crippen molar-refractivity contribution < 1.29 is 4.79 Å². The van der Waals surface area contributed by atoms with Gasteiger partial charge in [-0.05, 0) is 49.8 Å². The monoisotopic (exact) mass is 446 g/mol. The molecule has 1 amide bonds. The van der Waals surface area contributed by atoms with E-state index < -0.39 is 0 Å². The van der Waals surface area contributed by atoms with Crippen LogP contribution < -0.4 is 4.90 Å². The minimum absolute atomic E-state index is 0.137. The van der Waals surface area contributed by atoms with Crippen LogP contribution in [0.15, 0.2) is 35.5 Å². The molecule has 0 aliphatic carbocycles. The van der Waals surface area contributed by atoms with Crippen molar-refractivity contribution in [3.63, 3.8) is 0 Å². The largest absolute Gasteiger partial charge is 0.356 e. The second-order valence-corrected chi connectivity index (χ2v) is 8.99. The number of benzene rings is 1. The zero-order chi connectivity index (χ0) is 21.3. The van der Waals surface area contributed by atoms with E-state index in [0.717, 1.165) is 68.8 Å². The number of hydrogen-bond donors (Lipinski definition) is 0.